The minimum absolute atomic E-state index is 0.0498. The zero-order valence-corrected chi connectivity index (χ0v) is 12.7. The van der Waals surface area contributed by atoms with Gasteiger partial charge < -0.3 is 15.2 Å². The molecular weight excluding hydrogens is 297 g/mol. The number of phenolic OH excluding ortho intramolecular Hbond substituents is 1. The molecule has 2 aromatic carbocycles. The van der Waals surface area contributed by atoms with Crippen LogP contribution in [-0.4, -0.2) is 12.2 Å². The van der Waals surface area contributed by atoms with Gasteiger partial charge in [0, 0.05) is 22.8 Å². The molecule has 3 nitrogen and oxygen atoms in total. The number of aryl methyl sites for hydroxylation is 1. The molecule has 0 saturated carbocycles. The minimum atomic E-state index is 0.0498. The third kappa shape index (κ3) is 3.30. The van der Waals surface area contributed by atoms with Gasteiger partial charge in [-0.3, -0.25) is 0 Å². The Hall–Kier alpha value is -1.58. The van der Waals surface area contributed by atoms with Crippen molar-refractivity contribution in [3.63, 3.8) is 0 Å². The van der Waals surface area contributed by atoms with Crippen LogP contribution in [0.1, 0.15) is 11.1 Å². The maximum atomic E-state index is 9.89. The highest BCUT2D eigenvalue weighted by atomic mass is 35.5. The Morgan fingerprint density at radius 1 is 1.20 bits per heavy atom. The van der Waals surface area contributed by atoms with Crippen LogP contribution in [0, 0.1) is 6.92 Å². The van der Waals surface area contributed by atoms with Crippen molar-refractivity contribution in [3.8, 4) is 11.5 Å². The maximum Gasteiger partial charge on any atom is 0.139 e. The lowest BCUT2D eigenvalue weighted by Gasteiger charge is -2.12. The first-order valence-corrected chi connectivity index (χ1v) is 6.82. The highest BCUT2D eigenvalue weighted by Gasteiger charge is 2.08. The van der Waals surface area contributed by atoms with Crippen molar-refractivity contribution < 1.29 is 9.84 Å². The molecule has 0 unspecified atom stereocenters. The number of nitrogens with one attached hydrogen (secondary N) is 1. The molecule has 0 aromatic heterocycles. The van der Waals surface area contributed by atoms with Gasteiger partial charge in [0.05, 0.1) is 12.1 Å². The number of halogens is 2. The van der Waals surface area contributed by atoms with Crippen LogP contribution < -0.4 is 10.1 Å². The molecule has 2 rings (SSSR count). The number of hydrogen-bond donors (Lipinski definition) is 2. The zero-order chi connectivity index (χ0) is 14.7. The highest BCUT2D eigenvalue weighted by Crippen LogP contribution is 2.31. The summed E-state index contributed by atoms with van der Waals surface area (Å²) in [7, 11) is 1.64. The van der Waals surface area contributed by atoms with Crippen molar-refractivity contribution in [1.29, 1.82) is 0 Å². The standard InChI is InChI=1S/C15H15Cl2NO2/c1-9-5-12(3-4-14(9)20-2)18-8-10-6-11(16)7-13(17)15(10)19/h3-7,18-19H,8H2,1-2H3. The summed E-state index contributed by atoms with van der Waals surface area (Å²) < 4.78 is 5.21. The van der Waals surface area contributed by atoms with Crippen molar-refractivity contribution in [2.45, 2.75) is 13.5 Å². The summed E-state index contributed by atoms with van der Waals surface area (Å²) in [6.07, 6.45) is 0. The van der Waals surface area contributed by atoms with Crippen LogP contribution >= 0.6 is 23.2 Å². The summed E-state index contributed by atoms with van der Waals surface area (Å²) in [5, 5.41) is 13.8. The summed E-state index contributed by atoms with van der Waals surface area (Å²) in [5.74, 6) is 0.887. The van der Waals surface area contributed by atoms with Gasteiger partial charge in [0.25, 0.3) is 0 Å². The van der Waals surface area contributed by atoms with E-state index in [2.05, 4.69) is 5.32 Å². The molecule has 0 aliphatic carbocycles. The van der Waals surface area contributed by atoms with E-state index in [0.29, 0.717) is 17.1 Å². The van der Waals surface area contributed by atoms with Gasteiger partial charge >= 0.3 is 0 Å². The zero-order valence-electron chi connectivity index (χ0n) is 11.2. The molecule has 0 aliphatic rings. The number of phenols is 1. The largest absolute Gasteiger partial charge is 0.506 e. The average molecular weight is 312 g/mol. The summed E-state index contributed by atoms with van der Waals surface area (Å²) in [4.78, 5) is 0. The van der Waals surface area contributed by atoms with Crippen molar-refractivity contribution >= 4 is 28.9 Å². The minimum Gasteiger partial charge on any atom is -0.506 e. The first kappa shape index (κ1) is 14.8. The van der Waals surface area contributed by atoms with Gasteiger partial charge in [-0.25, -0.2) is 0 Å². The predicted octanol–water partition coefficient (Wildman–Crippen LogP) is 4.63. The van der Waals surface area contributed by atoms with Gasteiger partial charge in [-0.15, -0.1) is 0 Å². The second kappa shape index (κ2) is 6.25. The molecule has 0 atom stereocenters. The number of ether oxygens (including phenoxy) is 1. The average Bonchev–Trinajstić information content (AvgIpc) is 2.41. The molecule has 0 heterocycles. The quantitative estimate of drug-likeness (QED) is 0.865. The lowest BCUT2D eigenvalue weighted by Crippen LogP contribution is -2.00. The first-order chi connectivity index (χ1) is 9.51. The van der Waals surface area contributed by atoms with Crippen LogP contribution in [0.4, 0.5) is 5.69 Å². The van der Waals surface area contributed by atoms with E-state index in [0.717, 1.165) is 17.0 Å². The second-order valence-corrected chi connectivity index (χ2v) is 5.28. The van der Waals surface area contributed by atoms with Crippen LogP contribution in [-0.2, 0) is 6.54 Å². The molecular formula is C15H15Cl2NO2. The Morgan fingerprint density at radius 3 is 2.60 bits per heavy atom. The van der Waals surface area contributed by atoms with Crippen molar-refractivity contribution in [2.75, 3.05) is 12.4 Å². The summed E-state index contributed by atoms with van der Waals surface area (Å²) in [6, 6.07) is 8.98. The van der Waals surface area contributed by atoms with E-state index in [-0.39, 0.29) is 10.8 Å². The SMILES string of the molecule is COc1ccc(NCc2cc(Cl)cc(Cl)c2O)cc1C. The van der Waals surface area contributed by atoms with E-state index in [9.17, 15) is 5.11 Å². The molecule has 0 radical (unpaired) electrons. The fourth-order valence-electron chi connectivity index (χ4n) is 1.94. The van der Waals surface area contributed by atoms with Crippen LogP contribution in [0.5, 0.6) is 11.5 Å². The Labute approximate surface area is 128 Å². The van der Waals surface area contributed by atoms with Crippen molar-refractivity contribution in [1.82, 2.24) is 0 Å². The highest BCUT2D eigenvalue weighted by molar-refractivity contribution is 6.35. The number of methoxy groups -OCH3 is 1. The van der Waals surface area contributed by atoms with E-state index in [1.165, 1.54) is 6.07 Å². The molecule has 20 heavy (non-hydrogen) atoms. The monoisotopic (exact) mass is 311 g/mol. The Balaban J connectivity index is 2.15. The first-order valence-electron chi connectivity index (χ1n) is 6.06. The molecule has 0 aliphatic heterocycles. The van der Waals surface area contributed by atoms with Gasteiger partial charge in [-0.1, -0.05) is 23.2 Å². The maximum absolute atomic E-state index is 9.89. The lowest BCUT2D eigenvalue weighted by molar-refractivity contribution is 0.412. The van der Waals surface area contributed by atoms with Gasteiger partial charge in [-0.2, -0.15) is 0 Å². The Bertz CT molecular complexity index is 630. The van der Waals surface area contributed by atoms with E-state index < -0.39 is 0 Å². The van der Waals surface area contributed by atoms with Crippen molar-refractivity contribution in [3.05, 3.63) is 51.5 Å². The van der Waals surface area contributed by atoms with Crippen LogP contribution in [0.3, 0.4) is 0 Å². The molecule has 106 valence electrons. The number of anilines is 1. The van der Waals surface area contributed by atoms with Crippen molar-refractivity contribution in [2.24, 2.45) is 0 Å². The molecule has 2 aromatic rings. The summed E-state index contributed by atoms with van der Waals surface area (Å²) in [6.45, 7) is 2.40. The molecule has 0 saturated heterocycles. The number of aromatic hydroxyl groups is 1. The van der Waals surface area contributed by atoms with Gasteiger partial charge in [0.15, 0.2) is 0 Å². The normalized spacial score (nSPS) is 10.4. The molecule has 0 amide bonds. The van der Waals surface area contributed by atoms with Gasteiger partial charge in [0.2, 0.25) is 0 Å². The Morgan fingerprint density at radius 2 is 1.95 bits per heavy atom. The molecule has 0 fully saturated rings. The molecule has 0 spiro atoms. The number of hydrogen-bond acceptors (Lipinski definition) is 3. The smallest absolute Gasteiger partial charge is 0.139 e. The van der Waals surface area contributed by atoms with Crippen LogP contribution in [0.15, 0.2) is 30.3 Å². The summed E-state index contributed by atoms with van der Waals surface area (Å²) in [5.41, 5.74) is 2.61. The van der Waals surface area contributed by atoms with E-state index >= 15 is 0 Å². The van der Waals surface area contributed by atoms with E-state index in [4.69, 9.17) is 27.9 Å². The molecule has 2 N–H and O–H groups in total. The number of rotatable bonds is 4. The molecule has 5 heteroatoms. The predicted molar refractivity (Wildman–Crippen MR) is 83.2 cm³/mol. The van der Waals surface area contributed by atoms with Crippen LogP contribution in [0.2, 0.25) is 10.0 Å². The summed E-state index contributed by atoms with van der Waals surface area (Å²) >= 11 is 11.8. The van der Waals surface area contributed by atoms with Crippen LogP contribution in [0.25, 0.3) is 0 Å². The van der Waals surface area contributed by atoms with E-state index in [1.54, 1.807) is 13.2 Å². The van der Waals surface area contributed by atoms with Gasteiger partial charge in [-0.05, 0) is 42.8 Å². The third-order valence-electron chi connectivity index (χ3n) is 2.98. The van der Waals surface area contributed by atoms with E-state index in [1.807, 2.05) is 25.1 Å². The van der Waals surface area contributed by atoms with Gasteiger partial charge in [0.1, 0.15) is 11.5 Å². The second-order valence-electron chi connectivity index (χ2n) is 4.43. The molecule has 0 bridgehead atoms. The topological polar surface area (TPSA) is 41.5 Å². The third-order valence-corrected chi connectivity index (χ3v) is 3.49. The fraction of sp³-hybridized carbons (Fsp3) is 0.200. The fourth-order valence-corrected chi connectivity index (χ4v) is 2.48. The number of benzene rings is 2. The Kier molecular flexibility index (Phi) is 4.63. The lowest BCUT2D eigenvalue weighted by atomic mass is 10.1.